The van der Waals surface area contributed by atoms with Crippen LogP contribution in [0.25, 0.3) is 0 Å². The number of pyridine rings is 1. The Hall–Kier alpha value is -1.62. The molecular formula is C21H34N4O. The van der Waals surface area contributed by atoms with Gasteiger partial charge in [0.15, 0.2) is 0 Å². The standard InChI is InChI=1S/C21H34N4O/c1-21(2,3)15-20(26)25-10-6-7-18(17-25)16-23-11-13-24(14-12-23)19-8-4-5-9-22-19/h4-5,8-9,18H,6-7,10-17H2,1-3H3. The molecule has 1 aromatic heterocycles. The number of hydrogen-bond donors (Lipinski definition) is 0. The summed E-state index contributed by atoms with van der Waals surface area (Å²) >= 11 is 0. The van der Waals surface area contributed by atoms with E-state index < -0.39 is 0 Å². The van der Waals surface area contributed by atoms with Crippen molar-refractivity contribution in [1.82, 2.24) is 14.8 Å². The summed E-state index contributed by atoms with van der Waals surface area (Å²) in [5.41, 5.74) is 0.0752. The first-order valence-corrected chi connectivity index (χ1v) is 10.1. The summed E-state index contributed by atoms with van der Waals surface area (Å²) in [6, 6.07) is 6.12. The average molecular weight is 359 g/mol. The molecule has 2 fully saturated rings. The van der Waals surface area contributed by atoms with Crippen LogP contribution in [0.4, 0.5) is 5.82 Å². The van der Waals surface area contributed by atoms with E-state index in [-0.39, 0.29) is 5.41 Å². The molecule has 0 aromatic carbocycles. The van der Waals surface area contributed by atoms with Crippen molar-refractivity contribution in [3.63, 3.8) is 0 Å². The maximum atomic E-state index is 12.6. The molecule has 2 aliphatic rings. The molecule has 26 heavy (non-hydrogen) atoms. The van der Waals surface area contributed by atoms with Crippen LogP contribution >= 0.6 is 0 Å². The van der Waals surface area contributed by atoms with Crippen molar-refractivity contribution in [1.29, 1.82) is 0 Å². The van der Waals surface area contributed by atoms with Crippen LogP contribution in [0.1, 0.15) is 40.0 Å². The number of rotatable bonds is 4. The lowest BCUT2D eigenvalue weighted by Gasteiger charge is -2.40. The van der Waals surface area contributed by atoms with Crippen LogP contribution in [0.15, 0.2) is 24.4 Å². The zero-order chi connectivity index (χ0) is 18.6. The molecule has 1 atom stereocenters. The predicted octanol–water partition coefficient (Wildman–Crippen LogP) is 2.88. The fourth-order valence-electron chi connectivity index (χ4n) is 4.07. The normalized spacial score (nSPS) is 22.5. The lowest BCUT2D eigenvalue weighted by molar-refractivity contribution is -0.135. The highest BCUT2D eigenvalue weighted by Crippen LogP contribution is 2.24. The Morgan fingerprint density at radius 3 is 2.58 bits per heavy atom. The third-order valence-corrected chi connectivity index (χ3v) is 5.42. The molecule has 0 aliphatic carbocycles. The maximum Gasteiger partial charge on any atom is 0.223 e. The van der Waals surface area contributed by atoms with Crippen molar-refractivity contribution in [2.75, 3.05) is 50.7 Å². The Morgan fingerprint density at radius 1 is 1.15 bits per heavy atom. The van der Waals surface area contributed by atoms with Crippen LogP contribution in [0.5, 0.6) is 0 Å². The van der Waals surface area contributed by atoms with E-state index >= 15 is 0 Å². The summed E-state index contributed by atoms with van der Waals surface area (Å²) in [5, 5.41) is 0. The summed E-state index contributed by atoms with van der Waals surface area (Å²) in [4.78, 5) is 24.1. The quantitative estimate of drug-likeness (QED) is 0.830. The lowest BCUT2D eigenvalue weighted by atomic mass is 9.90. The van der Waals surface area contributed by atoms with Gasteiger partial charge in [0.1, 0.15) is 5.82 Å². The van der Waals surface area contributed by atoms with Crippen molar-refractivity contribution in [2.24, 2.45) is 11.3 Å². The zero-order valence-corrected chi connectivity index (χ0v) is 16.7. The third kappa shape index (κ3) is 5.44. The van der Waals surface area contributed by atoms with Gasteiger partial charge in [-0.3, -0.25) is 9.69 Å². The van der Waals surface area contributed by atoms with E-state index in [0.29, 0.717) is 18.2 Å². The summed E-state index contributed by atoms with van der Waals surface area (Å²) < 4.78 is 0. The van der Waals surface area contributed by atoms with Crippen LogP contribution in [0.2, 0.25) is 0 Å². The number of piperazine rings is 1. The molecule has 5 heteroatoms. The number of anilines is 1. The van der Waals surface area contributed by atoms with Gasteiger partial charge in [-0.25, -0.2) is 4.98 Å². The second-order valence-electron chi connectivity index (χ2n) is 9.06. The molecule has 1 amide bonds. The highest BCUT2D eigenvalue weighted by Gasteiger charge is 2.28. The fourth-order valence-corrected chi connectivity index (χ4v) is 4.07. The van der Waals surface area contributed by atoms with Gasteiger partial charge in [0, 0.05) is 58.4 Å². The molecule has 1 unspecified atom stereocenters. The van der Waals surface area contributed by atoms with E-state index in [2.05, 4.69) is 52.6 Å². The number of nitrogens with zero attached hydrogens (tertiary/aromatic N) is 4. The lowest BCUT2D eigenvalue weighted by Crippen LogP contribution is -2.50. The van der Waals surface area contributed by atoms with Crippen LogP contribution < -0.4 is 4.90 Å². The highest BCUT2D eigenvalue weighted by molar-refractivity contribution is 5.76. The SMILES string of the molecule is CC(C)(C)CC(=O)N1CCCC(CN2CCN(c3ccccn3)CC2)C1. The second kappa shape index (κ2) is 8.38. The van der Waals surface area contributed by atoms with E-state index in [1.165, 1.54) is 6.42 Å². The number of amides is 1. The maximum absolute atomic E-state index is 12.6. The molecule has 0 spiro atoms. The molecule has 144 valence electrons. The van der Waals surface area contributed by atoms with Gasteiger partial charge in [-0.15, -0.1) is 0 Å². The van der Waals surface area contributed by atoms with E-state index in [0.717, 1.165) is 58.1 Å². The first-order valence-electron chi connectivity index (χ1n) is 10.1. The number of hydrogen-bond acceptors (Lipinski definition) is 4. The molecule has 0 N–H and O–H groups in total. The Morgan fingerprint density at radius 2 is 1.92 bits per heavy atom. The second-order valence-corrected chi connectivity index (χ2v) is 9.06. The van der Waals surface area contributed by atoms with E-state index in [1.807, 2.05) is 12.3 Å². The Labute approximate surface area is 158 Å². The van der Waals surface area contributed by atoms with Gasteiger partial charge in [0.05, 0.1) is 0 Å². The Kier molecular flexibility index (Phi) is 6.17. The topological polar surface area (TPSA) is 39.7 Å². The minimum absolute atomic E-state index is 0.0752. The molecule has 3 rings (SSSR count). The molecule has 2 aliphatic heterocycles. The van der Waals surface area contributed by atoms with Crippen molar-refractivity contribution >= 4 is 11.7 Å². The number of carbonyl (C=O) groups excluding carboxylic acids is 1. The van der Waals surface area contributed by atoms with Gasteiger partial charge in [-0.2, -0.15) is 0 Å². The minimum Gasteiger partial charge on any atom is -0.354 e. The van der Waals surface area contributed by atoms with Crippen LogP contribution in [0.3, 0.4) is 0 Å². The molecular weight excluding hydrogens is 324 g/mol. The third-order valence-electron chi connectivity index (χ3n) is 5.42. The average Bonchev–Trinajstić information content (AvgIpc) is 2.62. The molecule has 0 radical (unpaired) electrons. The number of likely N-dealkylation sites (tertiary alicyclic amines) is 1. The first kappa shape index (κ1) is 19.2. The summed E-state index contributed by atoms with van der Waals surface area (Å²) in [7, 11) is 0. The van der Waals surface area contributed by atoms with Gasteiger partial charge >= 0.3 is 0 Å². The van der Waals surface area contributed by atoms with E-state index in [9.17, 15) is 4.79 Å². The Bertz CT molecular complexity index is 575. The van der Waals surface area contributed by atoms with Crippen LogP contribution in [-0.2, 0) is 4.79 Å². The Balaban J connectivity index is 1.45. The summed E-state index contributed by atoms with van der Waals surface area (Å²) in [5.74, 6) is 2.04. The predicted molar refractivity (Wildman–Crippen MR) is 106 cm³/mol. The van der Waals surface area contributed by atoms with E-state index in [4.69, 9.17) is 0 Å². The number of aromatic nitrogens is 1. The van der Waals surface area contributed by atoms with Gasteiger partial charge in [0.2, 0.25) is 5.91 Å². The van der Waals surface area contributed by atoms with Crippen molar-refractivity contribution < 1.29 is 4.79 Å². The van der Waals surface area contributed by atoms with Gasteiger partial charge in [0.25, 0.3) is 0 Å². The molecule has 2 saturated heterocycles. The molecule has 0 saturated carbocycles. The number of piperidine rings is 1. The van der Waals surface area contributed by atoms with E-state index in [1.54, 1.807) is 0 Å². The van der Waals surface area contributed by atoms with Crippen molar-refractivity contribution in [3.05, 3.63) is 24.4 Å². The van der Waals surface area contributed by atoms with Crippen LogP contribution in [-0.4, -0.2) is 66.5 Å². The molecule has 1 aromatic rings. The van der Waals surface area contributed by atoms with Gasteiger partial charge in [-0.05, 0) is 36.3 Å². The zero-order valence-electron chi connectivity index (χ0n) is 16.7. The fraction of sp³-hybridized carbons (Fsp3) is 0.714. The van der Waals surface area contributed by atoms with Gasteiger partial charge < -0.3 is 9.80 Å². The van der Waals surface area contributed by atoms with Crippen molar-refractivity contribution in [3.8, 4) is 0 Å². The molecule has 3 heterocycles. The van der Waals surface area contributed by atoms with Crippen LogP contribution in [0, 0.1) is 11.3 Å². The molecule has 0 bridgehead atoms. The monoisotopic (exact) mass is 358 g/mol. The smallest absolute Gasteiger partial charge is 0.223 e. The van der Waals surface area contributed by atoms with Gasteiger partial charge in [-0.1, -0.05) is 26.8 Å². The highest BCUT2D eigenvalue weighted by atomic mass is 16.2. The molecule has 5 nitrogen and oxygen atoms in total. The largest absolute Gasteiger partial charge is 0.354 e. The summed E-state index contributed by atoms with van der Waals surface area (Å²) in [6.07, 6.45) is 4.92. The number of carbonyl (C=O) groups is 1. The minimum atomic E-state index is 0.0752. The van der Waals surface area contributed by atoms with Crippen molar-refractivity contribution in [2.45, 2.75) is 40.0 Å². The first-order chi connectivity index (χ1) is 12.4. The summed E-state index contributed by atoms with van der Waals surface area (Å²) in [6.45, 7) is 13.7.